The second-order valence-electron chi connectivity index (χ2n) is 8.98. The Morgan fingerprint density at radius 3 is 2.31 bits per heavy atom. The molecule has 166 valence electrons. The van der Waals surface area contributed by atoms with E-state index in [2.05, 4.69) is 12.1 Å². The Hall–Kier alpha value is -1.67. The average Bonchev–Trinajstić information content (AvgIpc) is 2.96. The van der Waals surface area contributed by atoms with Crippen molar-refractivity contribution in [3.05, 3.63) is 0 Å². The van der Waals surface area contributed by atoms with Crippen molar-refractivity contribution in [2.24, 2.45) is 34.1 Å². The highest BCUT2D eigenvalue weighted by Gasteiger charge is 2.59. The standard InChI is InChI=1S/C19H34N2O2.C2H2O4/c1-18-9-7-16(15-5-3-2-4-6-15)13-19(18,22)10-8-17(18)14-21-23-12-11-20;3-1(4)2(5)6/h14-17,22H,2-13,20H2,1H3;(H,3,4)(H,5,6)/t16-,17+,18+,19-;/m0./s1. The van der Waals surface area contributed by atoms with Gasteiger partial charge in [0.25, 0.3) is 0 Å². The number of carboxylic acid groups (broad SMARTS) is 2. The smallest absolute Gasteiger partial charge is 0.414 e. The van der Waals surface area contributed by atoms with Crippen LogP contribution in [0.25, 0.3) is 0 Å². The van der Waals surface area contributed by atoms with E-state index in [-0.39, 0.29) is 5.41 Å². The lowest BCUT2D eigenvalue weighted by atomic mass is 9.57. The number of carboxylic acids is 2. The molecule has 0 radical (unpaired) electrons. The number of fused-ring (bicyclic) bond motifs is 1. The van der Waals surface area contributed by atoms with Crippen molar-refractivity contribution < 1.29 is 29.7 Å². The van der Waals surface area contributed by atoms with Gasteiger partial charge >= 0.3 is 11.9 Å². The summed E-state index contributed by atoms with van der Waals surface area (Å²) < 4.78 is 0. The molecule has 0 heterocycles. The minimum atomic E-state index is -1.82. The first kappa shape index (κ1) is 23.6. The normalized spacial score (nSPS) is 34.9. The Balaban J connectivity index is 0.000000438. The zero-order valence-electron chi connectivity index (χ0n) is 17.4. The summed E-state index contributed by atoms with van der Waals surface area (Å²) in [5, 5.41) is 30.3. The van der Waals surface area contributed by atoms with E-state index in [1.165, 1.54) is 38.5 Å². The van der Waals surface area contributed by atoms with Gasteiger partial charge in [0.1, 0.15) is 6.61 Å². The molecule has 8 heteroatoms. The number of aliphatic carboxylic acids is 2. The maximum Gasteiger partial charge on any atom is 0.414 e. The molecule has 0 aromatic carbocycles. The molecule has 0 aromatic rings. The fourth-order valence-electron chi connectivity index (χ4n) is 5.59. The second-order valence-corrected chi connectivity index (χ2v) is 8.98. The van der Waals surface area contributed by atoms with Gasteiger partial charge in [-0.3, -0.25) is 0 Å². The molecule has 0 amide bonds. The minimum Gasteiger partial charge on any atom is -0.473 e. The fraction of sp³-hybridized carbons (Fsp3) is 0.857. The molecule has 0 spiro atoms. The second kappa shape index (κ2) is 10.4. The Bertz CT molecular complexity index is 580. The van der Waals surface area contributed by atoms with Crippen molar-refractivity contribution in [1.82, 2.24) is 0 Å². The lowest BCUT2D eigenvalue weighted by Gasteiger charge is -2.50. The predicted molar refractivity (Wildman–Crippen MR) is 108 cm³/mol. The molecule has 8 nitrogen and oxygen atoms in total. The van der Waals surface area contributed by atoms with Crippen LogP contribution in [0, 0.1) is 23.2 Å². The van der Waals surface area contributed by atoms with Crippen LogP contribution in [0.3, 0.4) is 0 Å². The molecule has 3 rings (SSSR count). The first-order valence-corrected chi connectivity index (χ1v) is 10.8. The van der Waals surface area contributed by atoms with E-state index in [9.17, 15) is 5.11 Å². The van der Waals surface area contributed by atoms with E-state index in [0.29, 0.717) is 19.1 Å². The number of oxime groups is 1. The van der Waals surface area contributed by atoms with Gasteiger partial charge in [0.05, 0.1) is 5.60 Å². The Morgan fingerprint density at radius 2 is 1.72 bits per heavy atom. The third kappa shape index (κ3) is 5.69. The van der Waals surface area contributed by atoms with Gasteiger partial charge in [-0.15, -0.1) is 0 Å². The highest BCUT2D eigenvalue weighted by atomic mass is 16.6. The van der Waals surface area contributed by atoms with Crippen LogP contribution in [0.2, 0.25) is 0 Å². The van der Waals surface area contributed by atoms with Gasteiger partial charge < -0.3 is 25.9 Å². The molecule has 29 heavy (non-hydrogen) atoms. The SMILES string of the molecule is C[C@]12CC[C@H](C3CCCCC3)C[C@@]1(O)CC[C@@H]2C=NOCCN.O=C(O)C(=O)O. The number of carbonyl (C=O) groups is 2. The van der Waals surface area contributed by atoms with Crippen LogP contribution >= 0.6 is 0 Å². The average molecular weight is 413 g/mol. The summed E-state index contributed by atoms with van der Waals surface area (Å²) in [5.74, 6) is -1.72. The van der Waals surface area contributed by atoms with Crippen molar-refractivity contribution in [3.63, 3.8) is 0 Å². The van der Waals surface area contributed by atoms with E-state index in [4.69, 9.17) is 30.4 Å². The molecule has 0 saturated heterocycles. The van der Waals surface area contributed by atoms with Crippen LogP contribution in [0.1, 0.15) is 71.1 Å². The molecule has 3 saturated carbocycles. The third-order valence-electron chi connectivity index (χ3n) is 7.41. The van der Waals surface area contributed by atoms with Gasteiger partial charge in [0, 0.05) is 24.1 Å². The van der Waals surface area contributed by atoms with Crippen LogP contribution < -0.4 is 5.73 Å². The molecule has 3 aliphatic carbocycles. The van der Waals surface area contributed by atoms with Crippen molar-refractivity contribution >= 4 is 18.2 Å². The monoisotopic (exact) mass is 412 g/mol. The van der Waals surface area contributed by atoms with E-state index < -0.39 is 17.5 Å². The lowest BCUT2D eigenvalue weighted by Crippen LogP contribution is -2.51. The zero-order valence-corrected chi connectivity index (χ0v) is 17.4. The van der Waals surface area contributed by atoms with Crippen molar-refractivity contribution in [1.29, 1.82) is 0 Å². The van der Waals surface area contributed by atoms with Crippen LogP contribution in [0.4, 0.5) is 0 Å². The van der Waals surface area contributed by atoms with Gasteiger partial charge in [-0.2, -0.15) is 0 Å². The number of nitrogens with zero attached hydrogens (tertiary/aromatic N) is 1. The van der Waals surface area contributed by atoms with Gasteiger partial charge in [-0.05, 0) is 43.9 Å². The molecular weight excluding hydrogens is 376 g/mol. The maximum absolute atomic E-state index is 11.4. The van der Waals surface area contributed by atoms with Crippen LogP contribution in [-0.2, 0) is 14.4 Å². The molecule has 0 unspecified atom stereocenters. The third-order valence-corrected chi connectivity index (χ3v) is 7.41. The molecular formula is C21H36N2O6. The number of nitrogens with two attached hydrogens (primary N) is 1. The molecule has 0 aliphatic heterocycles. The number of hydrogen-bond donors (Lipinski definition) is 4. The number of rotatable bonds is 5. The van der Waals surface area contributed by atoms with Gasteiger partial charge in [-0.1, -0.05) is 44.2 Å². The topological polar surface area (TPSA) is 142 Å². The highest BCUT2D eigenvalue weighted by molar-refractivity contribution is 6.27. The van der Waals surface area contributed by atoms with E-state index in [0.717, 1.165) is 37.5 Å². The molecule has 0 bridgehead atoms. The summed E-state index contributed by atoms with van der Waals surface area (Å²) >= 11 is 0. The first-order chi connectivity index (χ1) is 13.7. The number of aliphatic hydroxyl groups is 1. The van der Waals surface area contributed by atoms with Crippen LogP contribution in [-0.4, -0.2) is 52.2 Å². The van der Waals surface area contributed by atoms with Crippen molar-refractivity contribution in [2.45, 2.75) is 76.7 Å². The van der Waals surface area contributed by atoms with Gasteiger partial charge in [-0.25, -0.2) is 9.59 Å². The summed E-state index contributed by atoms with van der Waals surface area (Å²) in [4.78, 5) is 23.4. The Labute approximate surface area is 172 Å². The number of hydrogen-bond acceptors (Lipinski definition) is 6. The quantitative estimate of drug-likeness (QED) is 0.235. The lowest BCUT2D eigenvalue weighted by molar-refractivity contribution is -0.159. The largest absolute Gasteiger partial charge is 0.473 e. The molecule has 3 aliphatic rings. The van der Waals surface area contributed by atoms with E-state index in [1.54, 1.807) is 0 Å². The predicted octanol–water partition coefficient (Wildman–Crippen LogP) is 2.63. The molecule has 3 fully saturated rings. The summed E-state index contributed by atoms with van der Waals surface area (Å²) in [5.41, 5.74) is 4.89. The summed E-state index contributed by atoms with van der Waals surface area (Å²) in [7, 11) is 0. The van der Waals surface area contributed by atoms with Gasteiger partial charge in [0.2, 0.25) is 0 Å². The van der Waals surface area contributed by atoms with Crippen molar-refractivity contribution in [2.75, 3.05) is 13.2 Å². The van der Waals surface area contributed by atoms with E-state index >= 15 is 0 Å². The van der Waals surface area contributed by atoms with Gasteiger partial charge in [0.15, 0.2) is 0 Å². The van der Waals surface area contributed by atoms with Crippen LogP contribution in [0.5, 0.6) is 0 Å². The minimum absolute atomic E-state index is 0.0340. The summed E-state index contributed by atoms with van der Waals surface area (Å²) in [6, 6.07) is 0. The van der Waals surface area contributed by atoms with Crippen LogP contribution in [0.15, 0.2) is 5.16 Å². The molecule has 0 aromatic heterocycles. The molecule has 4 atom stereocenters. The summed E-state index contributed by atoms with van der Waals surface area (Å²) in [6.45, 7) is 3.23. The zero-order chi connectivity index (χ0) is 21.5. The molecule has 5 N–H and O–H groups in total. The Morgan fingerprint density at radius 1 is 1.07 bits per heavy atom. The highest BCUT2D eigenvalue weighted by Crippen LogP contribution is 2.60. The Kier molecular flexibility index (Phi) is 8.46. The fourth-order valence-corrected chi connectivity index (χ4v) is 5.59. The maximum atomic E-state index is 11.4. The van der Waals surface area contributed by atoms with Crippen molar-refractivity contribution in [3.8, 4) is 0 Å². The van der Waals surface area contributed by atoms with E-state index in [1.807, 2.05) is 6.21 Å². The first-order valence-electron chi connectivity index (χ1n) is 10.8. The summed E-state index contributed by atoms with van der Waals surface area (Å²) in [6.07, 6.45) is 14.2.